The van der Waals surface area contributed by atoms with Crippen molar-refractivity contribution in [3.05, 3.63) is 29.5 Å². The summed E-state index contributed by atoms with van der Waals surface area (Å²) < 4.78 is 28.3. The highest BCUT2D eigenvalue weighted by molar-refractivity contribution is 7.89. The Morgan fingerprint density at radius 3 is 3.00 bits per heavy atom. The van der Waals surface area contributed by atoms with Gasteiger partial charge in [-0.2, -0.15) is 5.26 Å². The lowest BCUT2D eigenvalue weighted by atomic mass is 10.3. The summed E-state index contributed by atoms with van der Waals surface area (Å²) in [7, 11) is -3.83. The standard InChI is InChI=1S/C11H11ClN4O2S/c1-8(5-6-13)15-19(17,18)11-10(12)14-9-4-2-3-7-16(9)11/h2-4,7-8,15H,5H2,1H3. The fourth-order valence-corrected chi connectivity index (χ4v) is 3.57. The smallest absolute Gasteiger partial charge is 0.260 e. The summed E-state index contributed by atoms with van der Waals surface area (Å²) in [5, 5.41) is 8.35. The fourth-order valence-electron chi connectivity index (χ4n) is 1.68. The normalized spacial score (nSPS) is 13.3. The zero-order valence-corrected chi connectivity index (χ0v) is 11.6. The van der Waals surface area contributed by atoms with Crippen molar-refractivity contribution in [2.24, 2.45) is 0 Å². The number of imidazole rings is 1. The van der Waals surface area contributed by atoms with Gasteiger partial charge in [-0.25, -0.2) is 18.1 Å². The van der Waals surface area contributed by atoms with Crippen LogP contribution in [0.3, 0.4) is 0 Å². The summed E-state index contributed by atoms with van der Waals surface area (Å²) in [6, 6.07) is 6.48. The maximum absolute atomic E-state index is 12.2. The van der Waals surface area contributed by atoms with Gasteiger partial charge >= 0.3 is 0 Å². The van der Waals surface area contributed by atoms with Crippen molar-refractivity contribution in [1.29, 1.82) is 5.26 Å². The second-order valence-corrected chi connectivity index (χ2v) is 6.01. The summed E-state index contributed by atoms with van der Waals surface area (Å²) in [5.41, 5.74) is 0.445. The lowest BCUT2D eigenvalue weighted by Gasteiger charge is -2.10. The predicted molar refractivity (Wildman–Crippen MR) is 70.2 cm³/mol. The first-order valence-corrected chi connectivity index (χ1v) is 7.33. The molecule has 6 nitrogen and oxygen atoms in total. The van der Waals surface area contributed by atoms with Crippen LogP contribution in [-0.2, 0) is 10.0 Å². The summed E-state index contributed by atoms with van der Waals surface area (Å²) in [6.45, 7) is 1.61. The largest absolute Gasteiger partial charge is 0.288 e. The molecule has 0 fully saturated rings. The Hall–Kier alpha value is -1.62. The van der Waals surface area contributed by atoms with E-state index in [1.165, 1.54) is 4.40 Å². The maximum Gasteiger partial charge on any atom is 0.260 e. The number of nitrogens with one attached hydrogen (secondary N) is 1. The van der Waals surface area contributed by atoms with E-state index in [0.29, 0.717) is 5.65 Å². The number of sulfonamides is 1. The third kappa shape index (κ3) is 2.71. The van der Waals surface area contributed by atoms with Crippen LogP contribution >= 0.6 is 11.6 Å². The minimum Gasteiger partial charge on any atom is -0.288 e. The van der Waals surface area contributed by atoms with Crippen molar-refractivity contribution in [3.8, 4) is 6.07 Å². The molecule has 1 unspecified atom stereocenters. The van der Waals surface area contributed by atoms with E-state index in [1.54, 1.807) is 31.3 Å². The average Bonchev–Trinajstić information content (AvgIpc) is 2.64. The molecule has 8 heteroatoms. The van der Waals surface area contributed by atoms with Gasteiger partial charge in [0, 0.05) is 12.2 Å². The maximum atomic E-state index is 12.2. The third-order valence-electron chi connectivity index (χ3n) is 2.45. The van der Waals surface area contributed by atoms with Gasteiger partial charge in [0.25, 0.3) is 10.0 Å². The number of nitriles is 1. The quantitative estimate of drug-likeness (QED) is 0.928. The van der Waals surface area contributed by atoms with Gasteiger partial charge in [0.05, 0.1) is 12.5 Å². The molecule has 0 aliphatic rings. The van der Waals surface area contributed by atoms with E-state index in [0.717, 1.165) is 0 Å². The van der Waals surface area contributed by atoms with Crippen molar-refractivity contribution >= 4 is 27.3 Å². The third-order valence-corrected chi connectivity index (χ3v) is 4.44. The minimum atomic E-state index is -3.83. The molecule has 0 spiro atoms. The molecule has 2 rings (SSSR count). The first-order chi connectivity index (χ1) is 8.95. The zero-order chi connectivity index (χ0) is 14.0. The Morgan fingerprint density at radius 1 is 1.58 bits per heavy atom. The molecule has 2 heterocycles. The summed E-state index contributed by atoms with van der Waals surface area (Å²) in [5.74, 6) is 0. The van der Waals surface area contributed by atoms with E-state index in [1.807, 2.05) is 6.07 Å². The van der Waals surface area contributed by atoms with E-state index >= 15 is 0 Å². The van der Waals surface area contributed by atoms with Crippen LogP contribution in [0, 0.1) is 11.3 Å². The monoisotopic (exact) mass is 298 g/mol. The number of nitrogens with zero attached hydrogens (tertiary/aromatic N) is 3. The van der Waals surface area contributed by atoms with Gasteiger partial charge in [0.1, 0.15) is 5.65 Å². The molecular formula is C11H11ClN4O2S. The number of hydrogen-bond donors (Lipinski definition) is 1. The van der Waals surface area contributed by atoms with Gasteiger partial charge in [-0.3, -0.25) is 4.40 Å². The molecular weight excluding hydrogens is 288 g/mol. The SMILES string of the molecule is CC(CC#N)NS(=O)(=O)c1c(Cl)nc2ccccn12. The number of rotatable bonds is 4. The highest BCUT2D eigenvalue weighted by Gasteiger charge is 2.25. The predicted octanol–water partition coefficient (Wildman–Crippen LogP) is 1.57. The molecule has 0 amide bonds. The van der Waals surface area contributed by atoms with Gasteiger partial charge < -0.3 is 0 Å². The fraction of sp³-hybridized carbons (Fsp3) is 0.273. The second kappa shape index (κ2) is 5.17. The average molecular weight is 299 g/mol. The number of fused-ring (bicyclic) bond motifs is 1. The Bertz CT molecular complexity index is 748. The Balaban J connectivity index is 2.49. The molecule has 0 aliphatic heterocycles. The minimum absolute atomic E-state index is 0.0770. The molecule has 0 aliphatic carbocycles. The molecule has 0 radical (unpaired) electrons. The summed E-state index contributed by atoms with van der Waals surface area (Å²) in [6.07, 6.45) is 1.64. The van der Waals surface area contributed by atoms with Crippen molar-refractivity contribution in [3.63, 3.8) is 0 Å². The van der Waals surface area contributed by atoms with Gasteiger partial charge in [0.2, 0.25) is 0 Å². The molecule has 1 atom stereocenters. The number of aromatic nitrogens is 2. The Labute approximate surface area is 115 Å². The molecule has 19 heavy (non-hydrogen) atoms. The van der Waals surface area contributed by atoms with Crippen molar-refractivity contribution in [2.75, 3.05) is 0 Å². The molecule has 0 saturated heterocycles. The van der Waals surface area contributed by atoms with Crippen LogP contribution in [0.5, 0.6) is 0 Å². The van der Waals surface area contributed by atoms with Crippen LogP contribution in [0.15, 0.2) is 29.4 Å². The van der Waals surface area contributed by atoms with E-state index in [2.05, 4.69) is 9.71 Å². The molecule has 2 aromatic heterocycles. The van der Waals surface area contributed by atoms with Gasteiger partial charge in [-0.05, 0) is 19.1 Å². The van der Waals surface area contributed by atoms with Crippen molar-refractivity contribution in [1.82, 2.24) is 14.1 Å². The molecule has 0 saturated carbocycles. The second-order valence-electron chi connectivity index (χ2n) is 4.02. The van der Waals surface area contributed by atoms with E-state index in [-0.39, 0.29) is 16.6 Å². The van der Waals surface area contributed by atoms with Gasteiger partial charge in [-0.15, -0.1) is 0 Å². The summed E-state index contributed by atoms with van der Waals surface area (Å²) in [4.78, 5) is 3.98. The Morgan fingerprint density at radius 2 is 2.32 bits per heavy atom. The summed E-state index contributed by atoms with van der Waals surface area (Å²) >= 11 is 5.90. The molecule has 100 valence electrons. The number of hydrogen-bond acceptors (Lipinski definition) is 4. The topological polar surface area (TPSA) is 87.3 Å². The van der Waals surface area contributed by atoms with Gasteiger partial charge in [-0.1, -0.05) is 17.7 Å². The van der Waals surface area contributed by atoms with Crippen LogP contribution in [0.1, 0.15) is 13.3 Å². The highest BCUT2D eigenvalue weighted by atomic mass is 35.5. The van der Waals surface area contributed by atoms with Crippen LogP contribution in [0.25, 0.3) is 5.65 Å². The highest BCUT2D eigenvalue weighted by Crippen LogP contribution is 2.22. The van der Waals surface area contributed by atoms with E-state index < -0.39 is 16.1 Å². The van der Waals surface area contributed by atoms with E-state index in [4.69, 9.17) is 16.9 Å². The van der Waals surface area contributed by atoms with Gasteiger partial charge in [0.15, 0.2) is 10.2 Å². The van der Waals surface area contributed by atoms with Crippen molar-refractivity contribution in [2.45, 2.75) is 24.4 Å². The first-order valence-electron chi connectivity index (χ1n) is 5.47. The number of halogens is 1. The van der Waals surface area contributed by atoms with Crippen LogP contribution < -0.4 is 4.72 Å². The zero-order valence-electron chi connectivity index (χ0n) is 10.0. The Kier molecular flexibility index (Phi) is 3.75. The van der Waals surface area contributed by atoms with E-state index in [9.17, 15) is 8.42 Å². The van der Waals surface area contributed by atoms with Crippen LogP contribution in [0.2, 0.25) is 5.15 Å². The van der Waals surface area contributed by atoms with Crippen molar-refractivity contribution < 1.29 is 8.42 Å². The lowest BCUT2D eigenvalue weighted by molar-refractivity contribution is 0.558. The lowest BCUT2D eigenvalue weighted by Crippen LogP contribution is -2.33. The van der Waals surface area contributed by atoms with Crippen LogP contribution in [-0.4, -0.2) is 23.8 Å². The molecule has 0 bridgehead atoms. The molecule has 2 aromatic rings. The molecule has 0 aromatic carbocycles. The first kappa shape index (κ1) is 13.8. The van der Waals surface area contributed by atoms with Crippen LogP contribution in [0.4, 0.5) is 0 Å². The number of pyridine rings is 1. The molecule has 1 N–H and O–H groups in total.